The average Bonchev–Trinajstić information content (AvgIpc) is 2.99. The highest BCUT2D eigenvalue weighted by Gasteiger charge is 2.51. The molecule has 4 saturated carbocycles. The molecule has 0 N–H and O–H groups in total. The Labute approximate surface area is 249 Å². The molecule has 4 aliphatic carbocycles. The molecule has 0 heterocycles. The first kappa shape index (κ1) is 32.4. The van der Waals surface area contributed by atoms with Crippen molar-refractivity contribution in [1.29, 1.82) is 0 Å². The third kappa shape index (κ3) is 7.89. The number of ether oxygens (including phenoxy) is 1. The smallest absolute Gasteiger partial charge is 0.293 e. The van der Waals surface area contributed by atoms with Gasteiger partial charge in [-0.05, 0) is 118 Å². The number of carbonyl (C=O) groups excluding carboxylic acids is 1. The van der Waals surface area contributed by atoms with Crippen molar-refractivity contribution in [2.24, 2.45) is 34.5 Å². The van der Waals surface area contributed by atoms with Gasteiger partial charge in [-0.15, -0.1) is 0 Å². The van der Waals surface area contributed by atoms with E-state index in [1.54, 1.807) is 0 Å². The monoisotopic (exact) mass is 557 g/mol. The third-order valence-corrected chi connectivity index (χ3v) is 13.5. The van der Waals surface area contributed by atoms with Gasteiger partial charge in [0.15, 0.2) is 0 Å². The fourth-order valence-electron chi connectivity index (χ4n) is 11.1. The van der Waals surface area contributed by atoms with Crippen molar-refractivity contribution in [1.82, 2.24) is 0 Å². The average molecular weight is 557 g/mol. The first-order chi connectivity index (χ1) is 19.5. The van der Waals surface area contributed by atoms with Gasteiger partial charge in [0.25, 0.3) is 6.47 Å². The first-order valence-electron chi connectivity index (χ1n) is 18.6. The van der Waals surface area contributed by atoms with Crippen LogP contribution >= 0.6 is 0 Å². The molecule has 0 spiro atoms. The molecular weight excluding hydrogens is 488 g/mol. The lowest BCUT2D eigenvalue weighted by Crippen LogP contribution is -2.47. The summed E-state index contributed by atoms with van der Waals surface area (Å²) in [7, 11) is 0. The minimum atomic E-state index is -0.160. The van der Waals surface area contributed by atoms with Crippen LogP contribution in [-0.2, 0) is 9.53 Å². The second-order valence-corrected chi connectivity index (χ2v) is 15.7. The van der Waals surface area contributed by atoms with Crippen LogP contribution in [0.15, 0.2) is 0 Å². The van der Waals surface area contributed by atoms with Crippen LogP contribution in [0.2, 0.25) is 0 Å². The normalized spacial score (nSPS) is 33.2. The van der Waals surface area contributed by atoms with Gasteiger partial charge >= 0.3 is 0 Å². The summed E-state index contributed by atoms with van der Waals surface area (Å²) in [6.07, 6.45) is 37.8. The van der Waals surface area contributed by atoms with E-state index in [9.17, 15) is 4.79 Å². The number of hydrogen-bond acceptors (Lipinski definition) is 2. The van der Waals surface area contributed by atoms with Gasteiger partial charge in [-0.2, -0.15) is 0 Å². The van der Waals surface area contributed by atoms with E-state index in [0.29, 0.717) is 10.8 Å². The Kier molecular flexibility index (Phi) is 12.8. The second kappa shape index (κ2) is 15.8. The van der Waals surface area contributed by atoms with Crippen LogP contribution in [0.3, 0.4) is 0 Å². The maximum absolute atomic E-state index is 11.5. The first-order valence-corrected chi connectivity index (χ1v) is 18.6. The van der Waals surface area contributed by atoms with Crippen molar-refractivity contribution in [2.45, 2.75) is 200 Å². The van der Waals surface area contributed by atoms with Gasteiger partial charge in [0.05, 0.1) is 0 Å². The predicted octanol–water partition coefficient (Wildman–Crippen LogP) is 12.0. The minimum Gasteiger partial charge on any atom is -0.461 e. The molecule has 4 rings (SSSR count). The lowest BCUT2D eigenvalue weighted by molar-refractivity contribution is -0.152. The Morgan fingerprint density at radius 3 is 1.90 bits per heavy atom. The maximum Gasteiger partial charge on any atom is 0.293 e. The van der Waals surface area contributed by atoms with Crippen LogP contribution in [0, 0.1) is 34.5 Å². The summed E-state index contributed by atoms with van der Waals surface area (Å²) < 4.78 is 5.92. The summed E-state index contributed by atoms with van der Waals surface area (Å²) >= 11 is 0. The Morgan fingerprint density at radius 1 is 0.700 bits per heavy atom. The molecule has 0 radical (unpaired) electrons. The van der Waals surface area contributed by atoms with E-state index < -0.39 is 0 Å². The van der Waals surface area contributed by atoms with Gasteiger partial charge in [0.1, 0.15) is 5.60 Å². The Bertz CT molecular complexity index is 699. The lowest BCUT2D eigenvalue weighted by Gasteiger charge is -2.55. The van der Waals surface area contributed by atoms with Crippen molar-refractivity contribution < 1.29 is 9.53 Å². The van der Waals surface area contributed by atoms with Gasteiger partial charge in [-0.1, -0.05) is 111 Å². The zero-order chi connectivity index (χ0) is 28.3. The molecule has 0 amide bonds. The van der Waals surface area contributed by atoms with Crippen LogP contribution in [0.25, 0.3) is 0 Å². The van der Waals surface area contributed by atoms with E-state index in [4.69, 9.17) is 4.74 Å². The molecule has 0 aromatic carbocycles. The largest absolute Gasteiger partial charge is 0.461 e. The number of unbranched alkanes of at least 4 members (excludes halogenated alkanes) is 4. The fraction of sp³-hybridized carbons (Fsp3) is 0.974. The molecule has 4 fully saturated rings. The highest BCUT2D eigenvalue weighted by molar-refractivity contribution is 5.38. The van der Waals surface area contributed by atoms with Gasteiger partial charge in [0, 0.05) is 0 Å². The highest BCUT2D eigenvalue weighted by Crippen LogP contribution is 2.60. The molecule has 40 heavy (non-hydrogen) atoms. The number of hydrogen-bond donors (Lipinski definition) is 0. The minimum absolute atomic E-state index is 0.160. The molecule has 0 aromatic heterocycles. The van der Waals surface area contributed by atoms with Crippen LogP contribution in [0.4, 0.5) is 0 Å². The van der Waals surface area contributed by atoms with E-state index in [1.165, 1.54) is 154 Å². The van der Waals surface area contributed by atoms with Gasteiger partial charge in [-0.3, -0.25) is 4.79 Å². The summed E-state index contributed by atoms with van der Waals surface area (Å²) in [5.41, 5.74) is 1.01. The second-order valence-electron chi connectivity index (χ2n) is 15.7. The van der Waals surface area contributed by atoms with Crippen LogP contribution in [-0.4, -0.2) is 12.1 Å². The van der Waals surface area contributed by atoms with E-state index in [-0.39, 0.29) is 5.60 Å². The van der Waals surface area contributed by atoms with Crippen LogP contribution < -0.4 is 0 Å². The zero-order valence-corrected chi connectivity index (χ0v) is 27.3. The summed E-state index contributed by atoms with van der Waals surface area (Å²) in [4.78, 5) is 11.5. The lowest BCUT2D eigenvalue weighted by atomic mass is 9.50. The van der Waals surface area contributed by atoms with E-state index in [1.807, 2.05) is 0 Å². The fourth-order valence-corrected chi connectivity index (χ4v) is 11.1. The summed E-state index contributed by atoms with van der Waals surface area (Å²) in [6.45, 7) is 8.12. The number of rotatable bonds is 15. The van der Waals surface area contributed by atoms with Crippen molar-refractivity contribution in [3.63, 3.8) is 0 Å². The van der Waals surface area contributed by atoms with Crippen LogP contribution in [0.5, 0.6) is 0 Å². The molecular formula is C38H68O2. The molecule has 232 valence electrons. The Balaban J connectivity index is 1.44. The molecule has 1 unspecified atom stereocenters. The molecule has 0 saturated heterocycles. The Morgan fingerprint density at radius 2 is 1.30 bits per heavy atom. The van der Waals surface area contributed by atoms with Gasteiger partial charge in [-0.25, -0.2) is 0 Å². The van der Waals surface area contributed by atoms with Crippen molar-refractivity contribution in [3.05, 3.63) is 0 Å². The molecule has 2 nitrogen and oxygen atoms in total. The van der Waals surface area contributed by atoms with E-state index in [0.717, 1.165) is 49.4 Å². The highest BCUT2D eigenvalue weighted by atomic mass is 16.5. The zero-order valence-electron chi connectivity index (χ0n) is 27.3. The van der Waals surface area contributed by atoms with Gasteiger partial charge < -0.3 is 4.74 Å². The van der Waals surface area contributed by atoms with Crippen molar-refractivity contribution in [3.8, 4) is 0 Å². The third-order valence-electron chi connectivity index (χ3n) is 13.5. The summed E-state index contributed by atoms with van der Waals surface area (Å²) in [5.74, 6) is 3.71. The molecule has 0 aliphatic heterocycles. The van der Waals surface area contributed by atoms with E-state index >= 15 is 0 Å². The summed E-state index contributed by atoms with van der Waals surface area (Å²) in [5, 5.41) is 0. The van der Waals surface area contributed by atoms with E-state index in [2.05, 4.69) is 20.8 Å². The van der Waals surface area contributed by atoms with Gasteiger partial charge in [0.2, 0.25) is 0 Å². The summed E-state index contributed by atoms with van der Waals surface area (Å²) in [6, 6.07) is 0. The molecule has 2 heteroatoms. The molecule has 0 aromatic rings. The van der Waals surface area contributed by atoms with Crippen molar-refractivity contribution in [2.75, 3.05) is 0 Å². The number of carbonyl (C=O) groups is 1. The quantitative estimate of drug-likeness (QED) is 0.148. The Hall–Kier alpha value is -0.530. The standard InChI is InChI=1S/C38H68O2/c1-4-6-10-16-33-17-19-34(20-18-33)36(23-12-8-13-24-36)30-32(3)38(26-14-9-15-27-38)35-21-28-37(29-22-35,40-31-39)25-11-7-5-2/h31-35H,4-30H2,1-3H3/t32?,33-,34-,35-,37+. The predicted molar refractivity (Wildman–Crippen MR) is 170 cm³/mol. The SMILES string of the molecule is CCCCC[C@H]1CC[C@H](C2(CC(C)C3([C@H]4CC[C@@](CCCCC)(OC=O)CC4)CCCCC3)CCCCC2)CC1. The molecule has 0 bridgehead atoms. The van der Waals surface area contributed by atoms with Crippen molar-refractivity contribution >= 4 is 6.47 Å². The molecule has 4 aliphatic rings. The molecule has 1 atom stereocenters. The van der Waals surface area contributed by atoms with Crippen LogP contribution in [0.1, 0.15) is 194 Å². The topological polar surface area (TPSA) is 26.3 Å². The maximum atomic E-state index is 11.5.